The Labute approximate surface area is 205 Å². The fraction of sp³-hybridized carbons (Fsp3) is 0.478. The van der Waals surface area contributed by atoms with Crippen LogP contribution in [0.3, 0.4) is 0 Å². The van der Waals surface area contributed by atoms with Crippen molar-refractivity contribution in [1.29, 1.82) is 0 Å². The van der Waals surface area contributed by atoms with Crippen LogP contribution in [-0.2, 0) is 28.6 Å². The summed E-state index contributed by atoms with van der Waals surface area (Å²) < 4.78 is 39.0. The number of benzene rings is 1. The summed E-state index contributed by atoms with van der Waals surface area (Å²) in [6, 6.07) is 1.63. The molecular weight excluding hydrogens is 484 g/mol. The SMILES string of the molecule is COc1c(C(C)=O)c(O[C@@H]2SC[C@@H](OC(C)=O)[C@H](OC(C)=O)[C@H]2OC(C)=O)c(OC)c2occc12. The van der Waals surface area contributed by atoms with Gasteiger partial charge < -0.3 is 32.8 Å². The molecule has 0 unspecified atom stereocenters. The summed E-state index contributed by atoms with van der Waals surface area (Å²) in [6.07, 6.45) is -1.84. The molecule has 1 aliphatic heterocycles. The number of thioether (sulfide) groups is 1. The molecule has 11 nitrogen and oxygen atoms in total. The van der Waals surface area contributed by atoms with E-state index in [0.29, 0.717) is 5.39 Å². The molecule has 1 fully saturated rings. The zero-order chi connectivity index (χ0) is 25.9. The standard InChI is InChI=1S/C23H26O11S/c1-10(24)16-17(28-5)14-7-8-30-18(14)21(29-6)20(16)34-23-22(33-13(4)27)19(32-12(3)26)15(9-35-23)31-11(2)25/h7-8,15,19,22-23H,9H2,1-6H3/t15-,19+,22-,23-/m1/s1. The Morgan fingerprint density at radius 2 is 1.46 bits per heavy atom. The monoisotopic (exact) mass is 510 g/mol. The normalized spacial score (nSPS) is 21.7. The molecule has 0 aliphatic carbocycles. The van der Waals surface area contributed by atoms with Crippen LogP contribution in [-0.4, -0.2) is 67.4 Å². The van der Waals surface area contributed by atoms with Gasteiger partial charge in [0.1, 0.15) is 11.3 Å². The average Bonchev–Trinajstić information content (AvgIpc) is 3.24. The molecule has 0 N–H and O–H groups in total. The Balaban J connectivity index is 2.13. The zero-order valence-corrected chi connectivity index (χ0v) is 20.9. The van der Waals surface area contributed by atoms with Crippen LogP contribution in [0.4, 0.5) is 0 Å². The number of carbonyl (C=O) groups excluding carboxylic acids is 4. The topological polar surface area (TPSA) is 137 Å². The smallest absolute Gasteiger partial charge is 0.303 e. The van der Waals surface area contributed by atoms with Gasteiger partial charge in [0.2, 0.25) is 5.75 Å². The van der Waals surface area contributed by atoms with Gasteiger partial charge in [-0.2, -0.15) is 0 Å². The summed E-state index contributed by atoms with van der Waals surface area (Å²) in [4.78, 5) is 48.1. The quantitative estimate of drug-likeness (QED) is 0.293. The van der Waals surface area contributed by atoms with Crippen LogP contribution in [0.5, 0.6) is 17.2 Å². The highest BCUT2D eigenvalue weighted by atomic mass is 32.2. The molecule has 2 aromatic rings. The summed E-state index contributed by atoms with van der Waals surface area (Å²) in [6.45, 7) is 4.92. The minimum atomic E-state index is -1.19. The second-order valence-corrected chi connectivity index (χ2v) is 8.74. The van der Waals surface area contributed by atoms with E-state index in [9.17, 15) is 19.2 Å². The maximum Gasteiger partial charge on any atom is 0.303 e. The van der Waals surface area contributed by atoms with Gasteiger partial charge in [-0.1, -0.05) is 0 Å². The first-order chi connectivity index (χ1) is 16.6. The molecule has 35 heavy (non-hydrogen) atoms. The van der Waals surface area contributed by atoms with Crippen LogP contribution < -0.4 is 14.2 Å². The van der Waals surface area contributed by atoms with E-state index in [1.807, 2.05) is 0 Å². The Morgan fingerprint density at radius 1 is 0.857 bits per heavy atom. The van der Waals surface area contributed by atoms with Gasteiger partial charge in [0.05, 0.1) is 25.9 Å². The predicted octanol–water partition coefficient (Wildman–Crippen LogP) is 2.90. The molecule has 1 aromatic carbocycles. The van der Waals surface area contributed by atoms with Gasteiger partial charge in [0.25, 0.3) is 0 Å². The number of hydrogen-bond acceptors (Lipinski definition) is 12. The molecule has 0 radical (unpaired) electrons. The van der Waals surface area contributed by atoms with E-state index >= 15 is 0 Å². The summed E-state index contributed by atoms with van der Waals surface area (Å²) >= 11 is 1.14. The average molecular weight is 511 g/mol. The Kier molecular flexibility index (Phi) is 8.15. The van der Waals surface area contributed by atoms with E-state index in [1.165, 1.54) is 48.2 Å². The lowest BCUT2D eigenvalue weighted by molar-refractivity contribution is -0.186. The molecule has 2 heterocycles. The highest BCUT2D eigenvalue weighted by Gasteiger charge is 2.48. The van der Waals surface area contributed by atoms with E-state index in [2.05, 4.69) is 0 Å². The predicted molar refractivity (Wildman–Crippen MR) is 123 cm³/mol. The lowest BCUT2D eigenvalue weighted by atomic mass is 10.0. The van der Waals surface area contributed by atoms with Gasteiger partial charge in [0, 0.05) is 26.5 Å². The summed E-state index contributed by atoms with van der Waals surface area (Å²) in [5.41, 5.74) is -0.616. The lowest BCUT2D eigenvalue weighted by Gasteiger charge is -2.40. The minimum absolute atomic E-state index is 0.00135. The number of carbonyl (C=O) groups is 4. The third-order valence-electron chi connectivity index (χ3n) is 5.08. The summed E-state index contributed by atoms with van der Waals surface area (Å²) in [7, 11) is 2.79. The molecule has 4 atom stereocenters. The van der Waals surface area contributed by atoms with Crippen molar-refractivity contribution >= 4 is 46.4 Å². The fourth-order valence-corrected chi connectivity index (χ4v) is 5.08. The first-order valence-electron chi connectivity index (χ1n) is 10.5. The molecule has 1 aromatic heterocycles. The number of rotatable bonds is 8. The largest absolute Gasteiger partial charge is 0.495 e. The number of Topliss-reactive ketones (excluding diaryl/α,β-unsaturated/α-hetero) is 1. The van der Waals surface area contributed by atoms with Crippen molar-refractivity contribution in [3.8, 4) is 17.2 Å². The number of furan rings is 1. The highest BCUT2D eigenvalue weighted by Crippen LogP contribution is 2.48. The van der Waals surface area contributed by atoms with Crippen molar-refractivity contribution in [3.63, 3.8) is 0 Å². The van der Waals surface area contributed by atoms with Gasteiger partial charge in [-0.15, -0.1) is 11.8 Å². The first kappa shape index (κ1) is 26.2. The van der Waals surface area contributed by atoms with E-state index in [4.69, 9.17) is 32.8 Å². The van der Waals surface area contributed by atoms with Crippen LogP contribution in [0.25, 0.3) is 11.0 Å². The number of esters is 3. The van der Waals surface area contributed by atoms with Crippen molar-refractivity contribution in [2.24, 2.45) is 0 Å². The number of hydrogen-bond donors (Lipinski definition) is 0. The molecule has 0 spiro atoms. The highest BCUT2D eigenvalue weighted by molar-refractivity contribution is 7.99. The van der Waals surface area contributed by atoms with E-state index < -0.39 is 41.7 Å². The molecule has 190 valence electrons. The number of fused-ring (bicyclic) bond motifs is 1. The molecule has 0 amide bonds. The van der Waals surface area contributed by atoms with Crippen LogP contribution >= 0.6 is 11.8 Å². The van der Waals surface area contributed by atoms with E-state index in [0.717, 1.165) is 11.8 Å². The molecule has 1 aliphatic rings. The molecule has 0 saturated carbocycles. The van der Waals surface area contributed by atoms with Crippen molar-refractivity contribution in [2.45, 2.75) is 51.4 Å². The van der Waals surface area contributed by atoms with Crippen molar-refractivity contribution in [2.75, 3.05) is 20.0 Å². The van der Waals surface area contributed by atoms with Crippen molar-refractivity contribution in [1.82, 2.24) is 0 Å². The third kappa shape index (κ3) is 5.47. The van der Waals surface area contributed by atoms with Gasteiger partial charge in [-0.25, -0.2) is 0 Å². The van der Waals surface area contributed by atoms with Crippen LogP contribution in [0.15, 0.2) is 16.7 Å². The fourth-order valence-electron chi connectivity index (χ4n) is 3.87. The Hall–Kier alpha value is -3.41. The van der Waals surface area contributed by atoms with Crippen LogP contribution in [0, 0.1) is 0 Å². The van der Waals surface area contributed by atoms with Gasteiger partial charge in [-0.05, 0) is 13.0 Å². The lowest BCUT2D eigenvalue weighted by Crippen LogP contribution is -2.55. The van der Waals surface area contributed by atoms with Crippen LogP contribution in [0.2, 0.25) is 0 Å². The molecule has 12 heteroatoms. The second-order valence-electron chi connectivity index (χ2n) is 7.61. The summed E-state index contributed by atoms with van der Waals surface area (Å²) in [5, 5.41) is 0.502. The van der Waals surface area contributed by atoms with Crippen molar-refractivity contribution in [3.05, 3.63) is 17.9 Å². The maximum atomic E-state index is 12.7. The molecule has 0 bridgehead atoms. The molecule has 1 saturated heterocycles. The molecule has 3 rings (SSSR count). The van der Waals surface area contributed by atoms with Crippen LogP contribution in [0.1, 0.15) is 38.1 Å². The van der Waals surface area contributed by atoms with E-state index in [-0.39, 0.29) is 39.9 Å². The number of methoxy groups -OCH3 is 2. The maximum absolute atomic E-state index is 12.7. The third-order valence-corrected chi connectivity index (χ3v) is 6.29. The first-order valence-corrected chi connectivity index (χ1v) is 11.6. The van der Waals surface area contributed by atoms with Gasteiger partial charge in [-0.3, -0.25) is 19.2 Å². The van der Waals surface area contributed by atoms with E-state index in [1.54, 1.807) is 6.07 Å². The van der Waals surface area contributed by atoms with Gasteiger partial charge >= 0.3 is 17.9 Å². The minimum Gasteiger partial charge on any atom is -0.495 e. The number of ether oxygens (including phenoxy) is 6. The second kappa shape index (κ2) is 10.9. The Bertz CT molecular complexity index is 1140. The van der Waals surface area contributed by atoms with Crippen molar-refractivity contribution < 1.29 is 52.0 Å². The van der Waals surface area contributed by atoms with Gasteiger partial charge in [0.15, 0.2) is 40.9 Å². The number of ketones is 1. The summed E-state index contributed by atoms with van der Waals surface area (Å²) in [5.74, 6) is -1.82. The molecular formula is C23H26O11S. The zero-order valence-electron chi connectivity index (χ0n) is 20.1. The Morgan fingerprint density at radius 3 is 2.00 bits per heavy atom.